The van der Waals surface area contributed by atoms with Crippen molar-refractivity contribution in [2.24, 2.45) is 0 Å². The summed E-state index contributed by atoms with van der Waals surface area (Å²) >= 11 is 0. The predicted molar refractivity (Wildman–Crippen MR) is 45.2 cm³/mol. The van der Waals surface area contributed by atoms with Crippen molar-refractivity contribution < 1.29 is 13.9 Å². The highest BCUT2D eigenvalue weighted by Crippen LogP contribution is 2.16. The first-order valence-electron chi connectivity index (χ1n) is 3.92. The Labute approximate surface area is 75.2 Å². The topological polar surface area (TPSA) is 32.3 Å². The number of benzene rings is 1. The fraction of sp³-hybridized carbons (Fsp3) is 0.333. The molecule has 0 spiro atoms. The number of likely N-dealkylation sites (N-methyl/N-ethyl adjacent to an activating group) is 1. The van der Waals surface area contributed by atoms with Gasteiger partial charge in [0.1, 0.15) is 11.6 Å². The van der Waals surface area contributed by atoms with Gasteiger partial charge in [-0.25, -0.2) is 8.78 Å². The van der Waals surface area contributed by atoms with E-state index in [4.69, 9.17) is 5.11 Å². The lowest BCUT2D eigenvalue weighted by molar-refractivity contribution is 0.248. The van der Waals surface area contributed by atoms with E-state index in [1.807, 2.05) is 0 Å². The highest BCUT2D eigenvalue weighted by Gasteiger charge is 2.12. The minimum absolute atomic E-state index is 0.223. The molecule has 4 heteroatoms. The SMILES string of the molecule is CNC(CO)c1ccc(F)cc1F. The molecule has 1 aromatic rings. The summed E-state index contributed by atoms with van der Waals surface area (Å²) in [6.45, 7) is -0.223. The molecule has 72 valence electrons. The van der Waals surface area contributed by atoms with Gasteiger partial charge in [0.15, 0.2) is 0 Å². The second-order valence-electron chi connectivity index (χ2n) is 2.69. The summed E-state index contributed by atoms with van der Waals surface area (Å²) in [5.74, 6) is -1.26. The van der Waals surface area contributed by atoms with Gasteiger partial charge in [-0.05, 0) is 13.1 Å². The summed E-state index contributed by atoms with van der Waals surface area (Å²) in [4.78, 5) is 0. The molecular formula is C9H11F2NO. The first-order valence-corrected chi connectivity index (χ1v) is 3.92. The summed E-state index contributed by atoms with van der Waals surface area (Å²) in [6, 6.07) is 2.80. The normalized spacial score (nSPS) is 12.9. The molecule has 0 saturated heterocycles. The van der Waals surface area contributed by atoms with Crippen LogP contribution < -0.4 is 5.32 Å². The standard InChI is InChI=1S/C9H11F2NO/c1-12-9(5-13)7-3-2-6(10)4-8(7)11/h2-4,9,12-13H,5H2,1H3. The van der Waals surface area contributed by atoms with E-state index in [1.165, 1.54) is 12.1 Å². The molecule has 0 aliphatic carbocycles. The average Bonchev–Trinajstić information content (AvgIpc) is 2.10. The molecular weight excluding hydrogens is 176 g/mol. The van der Waals surface area contributed by atoms with Crippen molar-refractivity contribution in [3.8, 4) is 0 Å². The minimum Gasteiger partial charge on any atom is -0.394 e. The van der Waals surface area contributed by atoms with Crippen LogP contribution in [0, 0.1) is 11.6 Å². The van der Waals surface area contributed by atoms with Crippen LogP contribution in [0.15, 0.2) is 18.2 Å². The number of nitrogens with one attached hydrogen (secondary N) is 1. The highest BCUT2D eigenvalue weighted by atomic mass is 19.1. The molecule has 0 aliphatic heterocycles. The van der Waals surface area contributed by atoms with E-state index in [-0.39, 0.29) is 12.2 Å². The second kappa shape index (κ2) is 4.30. The summed E-state index contributed by atoms with van der Waals surface area (Å²) in [5.41, 5.74) is 0.270. The molecule has 0 saturated carbocycles. The Morgan fingerprint density at radius 3 is 2.62 bits per heavy atom. The van der Waals surface area contributed by atoms with Gasteiger partial charge in [0, 0.05) is 11.6 Å². The van der Waals surface area contributed by atoms with Gasteiger partial charge >= 0.3 is 0 Å². The molecule has 1 unspecified atom stereocenters. The lowest BCUT2D eigenvalue weighted by Crippen LogP contribution is -2.21. The van der Waals surface area contributed by atoms with Gasteiger partial charge in [-0.1, -0.05) is 6.07 Å². The zero-order valence-corrected chi connectivity index (χ0v) is 7.22. The van der Waals surface area contributed by atoms with Crippen LogP contribution in [0.25, 0.3) is 0 Å². The van der Waals surface area contributed by atoms with Gasteiger partial charge in [0.2, 0.25) is 0 Å². The summed E-state index contributed by atoms with van der Waals surface area (Å²) < 4.78 is 25.6. The minimum atomic E-state index is -0.645. The lowest BCUT2D eigenvalue weighted by Gasteiger charge is -2.13. The molecule has 0 heterocycles. The number of halogens is 2. The monoisotopic (exact) mass is 187 g/mol. The maximum absolute atomic E-state index is 13.1. The van der Waals surface area contributed by atoms with Crippen LogP contribution in [0.2, 0.25) is 0 Å². The molecule has 1 rings (SSSR count). The van der Waals surface area contributed by atoms with Crippen LogP contribution in [0.3, 0.4) is 0 Å². The van der Waals surface area contributed by atoms with Gasteiger partial charge in [-0.15, -0.1) is 0 Å². The molecule has 2 nitrogen and oxygen atoms in total. The quantitative estimate of drug-likeness (QED) is 0.745. The lowest BCUT2D eigenvalue weighted by atomic mass is 10.1. The third kappa shape index (κ3) is 2.23. The Hall–Kier alpha value is -1.00. The van der Waals surface area contributed by atoms with Gasteiger partial charge < -0.3 is 10.4 Å². The fourth-order valence-electron chi connectivity index (χ4n) is 1.13. The Bertz CT molecular complexity index is 287. The van der Waals surface area contributed by atoms with Crippen LogP contribution in [0.4, 0.5) is 8.78 Å². The highest BCUT2D eigenvalue weighted by molar-refractivity contribution is 5.22. The van der Waals surface area contributed by atoms with E-state index in [1.54, 1.807) is 7.05 Å². The van der Waals surface area contributed by atoms with E-state index in [0.717, 1.165) is 6.07 Å². The smallest absolute Gasteiger partial charge is 0.130 e. The van der Waals surface area contributed by atoms with Crippen molar-refractivity contribution in [2.45, 2.75) is 6.04 Å². The number of hydrogen-bond acceptors (Lipinski definition) is 2. The van der Waals surface area contributed by atoms with Crippen LogP contribution in [-0.4, -0.2) is 18.8 Å². The van der Waals surface area contributed by atoms with E-state index in [0.29, 0.717) is 0 Å². The first kappa shape index (κ1) is 10.1. The van der Waals surface area contributed by atoms with Gasteiger partial charge in [-0.3, -0.25) is 0 Å². The number of hydrogen-bond donors (Lipinski definition) is 2. The second-order valence-corrected chi connectivity index (χ2v) is 2.69. The van der Waals surface area contributed by atoms with Gasteiger partial charge in [0.05, 0.1) is 12.6 Å². The van der Waals surface area contributed by atoms with Gasteiger partial charge in [-0.2, -0.15) is 0 Å². The summed E-state index contributed by atoms with van der Waals surface area (Å²) in [7, 11) is 1.60. The molecule has 0 aromatic heterocycles. The predicted octanol–water partition coefficient (Wildman–Crippen LogP) is 1.22. The Morgan fingerprint density at radius 1 is 1.46 bits per heavy atom. The number of rotatable bonds is 3. The molecule has 2 N–H and O–H groups in total. The Kier molecular flexibility index (Phi) is 3.33. The largest absolute Gasteiger partial charge is 0.394 e. The molecule has 0 amide bonds. The van der Waals surface area contributed by atoms with Crippen molar-refractivity contribution in [3.63, 3.8) is 0 Å². The molecule has 0 fully saturated rings. The van der Waals surface area contributed by atoms with Crippen molar-refractivity contribution in [1.82, 2.24) is 5.32 Å². The average molecular weight is 187 g/mol. The zero-order valence-electron chi connectivity index (χ0n) is 7.22. The first-order chi connectivity index (χ1) is 6.19. The van der Waals surface area contributed by atoms with Crippen LogP contribution >= 0.6 is 0 Å². The number of aliphatic hydroxyl groups is 1. The Balaban J connectivity index is 2.99. The van der Waals surface area contributed by atoms with Crippen molar-refractivity contribution in [2.75, 3.05) is 13.7 Å². The van der Waals surface area contributed by atoms with Crippen molar-refractivity contribution in [1.29, 1.82) is 0 Å². The molecule has 0 radical (unpaired) electrons. The maximum atomic E-state index is 13.1. The van der Waals surface area contributed by atoms with E-state index in [2.05, 4.69) is 5.32 Å². The van der Waals surface area contributed by atoms with E-state index < -0.39 is 17.7 Å². The van der Waals surface area contributed by atoms with E-state index in [9.17, 15) is 8.78 Å². The molecule has 0 aliphatic rings. The van der Waals surface area contributed by atoms with Gasteiger partial charge in [0.25, 0.3) is 0 Å². The summed E-state index contributed by atoms with van der Waals surface area (Å²) in [6.07, 6.45) is 0. The van der Waals surface area contributed by atoms with Crippen molar-refractivity contribution in [3.05, 3.63) is 35.4 Å². The molecule has 13 heavy (non-hydrogen) atoms. The van der Waals surface area contributed by atoms with Crippen LogP contribution in [-0.2, 0) is 0 Å². The molecule has 1 aromatic carbocycles. The molecule has 1 atom stereocenters. The third-order valence-corrected chi connectivity index (χ3v) is 1.87. The third-order valence-electron chi connectivity index (χ3n) is 1.87. The Morgan fingerprint density at radius 2 is 2.15 bits per heavy atom. The fourth-order valence-corrected chi connectivity index (χ4v) is 1.13. The van der Waals surface area contributed by atoms with Crippen molar-refractivity contribution >= 4 is 0 Å². The number of aliphatic hydroxyl groups excluding tert-OH is 1. The summed E-state index contributed by atoms with van der Waals surface area (Å²) in [5, 5.41) is 11.6. The van der Waals surface area contributed by atoms with Crippen LogP contribution in [0.5, 0.6) is 0 Å². The molecule has 0 bridgehead atoms. The zero-order chi connectivity index (χ0) is 9.84. The van der Waals surface area contributed by atoms with Crippen LogP contribution in [0.1, 0.15) is 11.6 Å². The maximum Gasteiger partial charge on any atom is 0.130 e. The van der Waals surface area contributed by atoms with E-state index >= 15 is 0 Å².